The standard InChI is InChI=1S/C14H14N6S2/c1-8-5-6-9(22-8)7-15-20-13(18-19-14(20)21)12-10-3-2-4-11(10)16-17-12/h5-7H,2-4H2,1H3,(H,16,17)(H,19,21)/b15-7+. The van der Waals surface area contributed by atoms with Crippen LogP contribution in [0.3, 0.4) is 0 Å². The number of aromatic nitrogens is 5. The molecular weight excluding hydrogens is 316 g/mol. The van der Waals surface area contributed by atoms with E-state index in [1.807, 2.05) is 6.07 Å². The van der Waals surface area contributed by atoms with Gasteiger partial charge in [-0.05, 0) is 50.5 Å². The molecular formula is C14H14N6S2. The first-order valence-electron chi connectivity index (χ1n) is 7.07. The van der Waals surface area contributed by atoms with Gasteiger partial charge in [0.25, 0.3) is 0 Å². The highest BCUT2D eigenvalue weighted by atomic mass is 32.1. The lowest BCUT2D eigenvalue weighted by Crippen LogP contribution is -1.96. The van der Waals surface area contributed by atoms with Gasteiger partial charge in [-0.1, -0.05) is 0 Å². The van der Waals surface area contributed by atoms with Gasteiger partial charge in [0.05, 0.1) is 6.21 Å². The molecule has 3 heterocycles. The molecule has 0 aromatic carbocycles. The third kappa shape index (κ3) is 2.24. The van der Waals surface area contributed by atoms with Crippen LogP contribution in [0.15, 0.2) is 17.2 Å². The maximum Gasteiger partial charge on any atom is 0.216 e. The summed E-state index contributed by atoms with van der Waals surface area (Å²) in [5.74, 6) is 0.661. The second-order valence-electron chi connectivity index (χ2n) is 5.24. The third-order valence-electron chi connectivity index (χ3n) is 3.73. The molecule has 0 spiro atoms. The number of fused-ring (bicyclic) bond motifs is 1. The van der Waals surface area contributed by atoms with Crippen molar-refractivity contribution >= 4 is 29.8 Å². The first-order valence-corrected chi connectivity index (χ1v) is 8.29. The minimum absolute atomic E-state index is 0.467. The molecule has 1 aliphatic rings. The molecule has 8 heteroatoms. The summed E-state index contributed by atoms with van der Waals surface area (Å²) in [7, 11) is 0. The van der Waals surface area contributed by atoms with E-state index < -0.39 is 0 Å². The molecule has 0 amide bonds. The van der Waals surface area contributed by atoms with Crippen LogP contribution in [0, 0.1) is 11.7 Å². The van der Waals surface area contributed by atoms with Gasteiger partial charge in [0.1, 0.15) is 5.69 Å². The summed E-state index contributed by atoms with van der Waals surface area (Å²) in [6.07, 6.45) is 5.03. The number of thiophene rings is 1. The molecule has 0 unspecified atom stereocenters. The Kier molecular flexibility index (Phi) is 3.27. The Bertz CT molecular complexity index is 910. The predicted molar refractivity (Wildman–Crippen MR) is 89.1 cm³/mol. The SMILES string of the molecule is Cc1ccc(/C=N/n2c(-c3n[nH]c4c3CCC4)n[nH]c2=S)s1. The first-order chi connectivity index (χ1) is 10.7. The molecule has 0 saturated carbocycles. The first kappa shape index (κ1) is 13.6. The number of hydrogen-bond acceptors (Lipinski definition) is 5. The fourth-order valence-corrected chi connectivity index (χ4v) is 3.62. The molecule has 0 radical (unpaired) electrons. The van der Waals surface area contributed by atoms with Gasteiger partial charge in [0.15, 0.2) is 0 Å². The smallest absolute Gasteiger partial charge is 0.216 e. The fourth-order valence-electron chi connectivity index (χ4n) is 2.69. The van der Waals surface area contributed by atoms with E-state index in [1.165, 1.54) is 16.1 Å². The van der Waals surface area contributed by atoms with Crippen molar-refractivity contribution in [2.24, 2.45) is 5.10 Å². The molecule has 0 atom stereocenters. The highest BCUT2D eigenvalue weighted by molar-refractivity contribution is 7.71. The molecule has 1 aliphatic carbocycles. The van der Waals surface area contributed by atoms with Gasteiger partial charge in [-0.15, -0.1) is 11.3 Å². The monoisotopic (exact) mass is 330 g/mol. The molecule has 0 aliphatic heterocycles. The van der Waals surface area contributed by atoms with Gasteiger partial charge in [-0.25, -0.2) is 5.10 Å². The number of nitrogens with zero attached hydrogens (tertiary/aromatic N) is 4. The van der Waals surface area contributed by atoms with Crippen molar-refractivity contribution in [3.8, 4) is 11.5 Å². The van der Waals surface area contributed by atoms with Gasteiger partial charge in [0.2, 0.25) is 10.6 Å². The zero-order valence-corrected chi connectivity index (χ0v) is 13.6. The Labute approximate surface area is 135 Å². The number of aryl methyl sites for hydroxylation is 2. The lowest BCUT2D eigenvalue weighted by atomic mass is 10.2. The van der Waals surface area contributed by atoms with E-state index in [0.717, 1.165) is 29.8 Å². The Balaban J connectivity index is 1.76. The van der Waals surface area contributed by atoms with Crippen molar-refractivity contribution in [2.45, 2.75) is 26.2 Å². The lowest BCUT2D eigenvalue weighted by Gasteiger charge is -1.99. The lowest BCUT2D eigenvalue weighted by molar-refractivity contribution is 0.844. The van der Waals surface area contributed by atoms with Crippen molar-refractivity contribution in [1.82, 2.24) is 25.1 Å². The van der Waals surface area contributed by atoms with Crippen molar-refractivity contribution in [2.75, 3.05) is 0 Å². The van der Waals surface area contributed by atoms with Gasteiger partial charge < -0.3 is 0 Å². The molecule has 3 aromatic rings. The van der Waals surface area contributed by atoms with E-state index in [-0.39, 0.29) is 0 Å². The maximum atomic E-state index is 5.29. The second kappa shape index (κ2) is 5.29. The van der Waals surface area contributed by atoms with Crippen LogP contribution in [0.5, 0.6) is 0 Å². The minimum Gasteiger partial charge on any atom is -0.282 e. The summed E-state index contributed by atoms with van der Waals surface area (Å²) in [4.78, 5) is 2.33. The summed E-state index contributed by atoms with van der Waals surface area (Å²) < 4.78 is 2.10. The molecule has 22 heavy (non-hydrogen) atoms. The summed E-state index contributed by atoms with van der Waals surface area (Å²) in [5, 5.41) is 19.1. The highest BCUT2D eigenvalue weighted by Gasteiger charge is 2.23. The van der Waals surface area contributed by atoms with E-state index in [1.54, 1.807) is 22.2 Å². The van der Waals surface area contributed by atoms with E-state index in [4.69, 9.17) is 12.2 Å². The number of nitrogens with one attached hydrogen (secondary N) is 2. The molecule has 0 fully saturated rings. The molecule has 0 bridgehead atoms. The van der Waals surface area contributed by atoms with Crippen LogP contribution in [0.4, 0.5) is 0 Å². The van der Waals surface area contributed by atoms with Crippen molar-refractivity contribution in [1.29, 1.82) is 0 Å². The van der Waals surface area contributed by atoms with E-state index in [0.29, 0.717) is 10.6 Å². The Morgan fingerprint density at radius 3 is 3.05 bits per heavy atom. The maximum absolute atomic E-state index is 5.29. The topological polar surface area (TPSA) is 74.7 Å². The fraction of sp³-hybridized carbons (Fsp3) is 0.286. The summed E-state index contributed by atoms with van der Waals surface area (Å²) in [6, 6.07) is 4.11. The molecule has 4 rings (SSSR count). The second-order valence-corrected chi connectivity index (χ2v) is 6.95. The van der Waals surface area contributed by atoms with Crippen LogP contribution >= 0.6 is 23.6 Å². The average Bonchev–Trinajstić information content (AvgIpc) is 3.22. The van der Waals surface area contributed by atoms with Crippen molar-refractivity contribution < 1.29 is 0 Å². The number of rotatable bonds is 3. The van der Waals surface area contributed by atoms with Crippen LogP contribution in [0.1, 0.15) is 27.4 Å². The quantitative estimate of drug-likeness (QED) is 0.572. The Morgan fingerprint density at radius 2 is 2.23 bits per heavy atom. The number of H-pyrrole nitrogens is 2. The molecule has 6 nitrogen and oxygen atoms in total. The van der Waals surface area contributed by atoms with Gasteiger partial charge >= 0.3 is 0 Å². The Hall–Kier alpha value is -2.06. The molecule has 3 aromatic heterocycles. The predicted octanol–water partition coefficient (Wildman–Crippen LogP) is 3.07. The van der Waals surface area contributed by atoms with Gasteiger partial charge in [-0.3, -0.25) is 5.10 Å². The number of hydrogen-bond donors (Lipinski definition) is 2. The van der Waals surface area contributed by atoms with E-state index in [2.05, 4.69) is 38.5 Å². The molecule has 0 saturated heterocycles. The Morgan fingerprint density at radius 1 is 1.32 bits per heavy atom. The molecule has 2 N–H and O–H groups in total. The minimum atomic E-state index is 0.467. The van der Waals surface area contributed by atoms with Gasteiger partial charge in [-0.2, -0.15) is 20.0 Å². The molecule has 112 valence electrons. The summed E-state index contributed by atoms with van der Waals surface area (Å²) in [6.45, 7) is 2.07. The summed E-state index contributed by atoms with van der Waals surface area (Å²) in [5.41, 5.74) is 3.28. The zero-order chi connectivity index (χ0) is 15.1. The van der Waals surface area contributed by atoms with Crippen molar-refractivity contribution in [3.05, 3.63) is 37.9 Å². The average molecular weight is 330 g/mol. The number of aromatic amines is 2. The van der Waals surface area contributed by atoms with Crippen LogP contribution in [0.25, 0.3) is 11.5 Å². The van der Waals surface area contributed by atoms with Crippen molar-refractivity contribution in [3.63, 3.8) is 0 Å². The van der Waals surface area contributed by atoms with E-state index >= 15 is 0 Å². The van der Waals surface area contributed by atoms with Crippen LogP contribution in [0.2, 0.25) is 0 Å². The normalized spacial score (nSPS) is 14.0. The highest BCUT2D eigenvalue weighted by Crippen LogP contribution is 2.29. The van der Waals surface area contributed by atoms with Crippen LogP contribution in [-0.2, 0) is 12.8 Å². The van der Waals surface area contributed by atoms with Gasteiger partial charge in [0, 0.05) is 21.0 Å². The van der Waals surface area contributed by atoms with Crippen LogP contribution in [-0.4, -0.2) is 31.3 Å². The van der Waals surface area contributed by atoms with E-state index in [9.17, 15) is 0 Å². The third-order valence-corrected chi connectivity index (χ3v) is 4.93. The summed E-state index contributed by atoms with van der Waals surface area (Å²) >= 11 is 6.98. The zero-order valence-electron chi connectivity index (χ0n) is 12.0. The van der Waals surface area contributed by atoms with Crippen LogP contribution < -0.4 is 0 Å². The largest absolute Gasteiger partial charge is 0.282 e.